The summed E-state index contributed by atoms with van der Waals surface area (Å²) in [4.78, 5) is 11.5. The van der Waals surface area contributed by atoms with E-state index in [1.807, 2.05) is 6.26 Å². The number of rotatable bonds is 2. The molecule has 3 rings (SSSR count). The van der Waals surface area contributed by atoms with Crippen LogP contribution >= 0.6 is 23.1 Å². The molecule has 3 N–H and O–H groups in total. The summed E-state index contributed by atoms with van der Waals surface area (Å²) in [7, 11) is 0. The third-order valence-electron chi connectivity index (χ3n) is 3.16. The zero-order valence-electron chi connectivity index (χ0n) is 11.1. The van der Waals surface area contributed by atoms with E-state index in [0.29, 0.717) is 12.4 Å². The molecule has 0 spiro atoms. The van der Waals surface area contributed by atoms with E-state index >= 15 is 0 Å². The quantitative estimate of drug-likeness (QED) is 0.504. The highest BCUT2D eigenvalue weighted by molar-refractivity contribution is 7.98. The summed E-state index contributed by atoms with van der Waals surface area (Å²) in [6, 6.07) is 0. The standard InChI is InChI=1S/C12H16N4OS2/c1-12(2)4-6-7(5-17-12)19-9-8(14-6)10(16-13)15-11(9)18-3/h4-5,13H2,1-3H3,(H,15,16). The zero-order valence-corrected chi connectivity index (χ0v) is 12.7. The second-order valence-corrected chi connectivity index (χ2v) is 7.00. The molecule has 0 fully saturated rings. The van der Waals surface area contributed by atoms with Gasteiger partial charge in [-0.05, 0) is 20.1 Å². The summed E-state index contributed by atoms with van der Waals surface area (Å²) >= 11 is 3.32. The van der Waals surface area contributed by atoms with Gasteiger partial charge in [-0.1, -0.05) is 0 Å². The molecule has 3 aliphatic heterocycles. The van der Waals surface area contributed by atoms with Crippen molar-refractivity contribution < 1.29 is 4.74 Å². The first-order valence-electron chi connectivity index (χ1n) is 6.01. The van der Waals surface area contributed by atoms with Crippen LogP contribution in [0.25, 0.3) is 10.6 Å². The van der Waals surface area contributed by atoms with Gasteiger partial charge in [0.05, 0.1) is 27.7 Å². The molecule has 0 radical (unpaired) electrons. The smallest absolute Gasteiger partial charge is 0.168 e. The highest BCUT2D eigenvalue weighted by Crippen LogP contribution is 2.43. The predicted octanol–water partition coefficient (Wildman–Crippen LogP) is 2.50. The number of anilines is 1. The first kappa shape index (κ1) is 13.1. The molecule has 102 valence electrons. The molecular weight excluding hydrogens is 280 g/mol. The highest BCUT2D eigenvalue weighted by atomic mass is 32.2. The number of thioether (sulfide) groups is 1. The molecule has 0 saturated heterocycles. The normalized spacial score (nSPS) is 17.5. The van der Waals surface area contributed by atoms with E-state index in [9.17, 15) is 0 Å². The molecule has 3 aliphatic rings. The molecule has 0 unspecified atom stereocenters. The van der Waals surface area contributed by atoms with Crippen LogP contribution < -0.4 is 11.3 Å². The van der Waals surface area contributed by atoms with E-state index < -0.39 is 0 Å². The minimum Gasteiger partial charge on any atom is -0.370 e. The summed E-state index contributed by atoms with van der Waals surface area (Å²) in [6.07, 6.45) is 2.83. The summed E-state index contributed by atoms with van der Waals surface area (Å²) in [6.45, 7) is 4.80. The lowest BCUT2D eigenvalue weighted by Gasteiger charge is -2.31. The van der Waals surface area contributed by atoms with E-state index in [4.69, 9.17) is 15.6 Å². The van der Waals surface area contributed by atoms with Crippen LogP contribution in [0.3, 0.4) is 0 Å². The van der Waals surface area contributed by atoms with Crippen LogP contribution in [0.5, 0.6) is 0 Å². The van der Waals surface area contributed by atoms with E-state index in [-0.39, 0.29) is 5.60 Å². The number of nitrogen functional groups attached to an aromatic ring is 1. The van der Waals surface area contributed by atoms with Gasteiger partial charge >= 0.3 is 0 Å². The predicted molar refractivity (Wildman–Crippen MR) is 78.7 cm³/mol. The SMILES string of the molecule is CSc1nc(NN)c2nc3c(sc1-2)COC(C)(C)C3. The van der Waals surface area contributed by atoms with Crippen LogP contribution in [-0.2, 0) is 17.8 Å². The minimum absolute atomic E-state index is 0.154. The van der Waals surface area contributed by atoms with Crippen LogP contribution in [0.15, 0.2) is 5.03 Å². The van der Waals surface area contributed by atoms with Gasteiger partial charge in [0.2, 0.25) is 0 Å². The minimum atomic E-state index is -0.154. The molecule has 0 aromatic heterocycles. The largest absolute Gasteiger partial charge is 0.370 e. The molecule has 0 atom stereocenters. The van der Waals surface area contributed by atoms with Crippen molar-refractivity contribution in [3.63, 3.8) is 0 Å². The molecule has 5 nitrogen and oxygen atoms in total. The molecule has 0 saturated carbocycles. The van der Waals surface area contributed by atoms with Crippen molar-refractivity contribution in [1.29, 1.82) is 0 Å². The van der Waals surface area contributed by atoms with Crippen molar-refractivity contribution in [3.05, 3.63) is 10.6 Å². The van der Waals surface area contributed by atoms with E-state index in [0.717, 1.165) is 27.7 Å². The Hall–Kier alpha value is -0.890. The first-order chi connectivity index (χ1) is 9.04. The molecule has 0 aromatic carbocycles. The Bertz CT molecular complexity index is 596. The molecule has 3 heterocycles. The van der Waals surface area contributed by atoms with Crippen molar-refractivity contribution in [2.45, 2.75) is 37.5 Å². The molecule has 0 amide bonds. The average molecular weight is 296 g/mol. The fourth-order valence-corrected chi connectivity index (χ4v) is 4.01. The topological polar surface area (TPSA) is 73.1 Å². The van der Waals surface area contributed by atoms with Crippen molar-refractivity contribution in [2.75, 3.05) is 11.7 Å². The van der Waals surface area contributed by atoms with E-state index in [1.54, 1.807) is 23.1 Å². The second kappa shape index (κ2) is 4.59. The van der Waals surface area contributed by atoms with Gasteiger partial charge in [0.25, 0.3) is 0 Å². The number of aromatic nitrogens is 2. The molecule has 0 aromatic rings. The highest BCUT2D eigenvalue weighted by Gasteiger charge is 2.31. The Kier molecular flexibility index (Phi) is 3.17. The van der Waals surface area contributed by atoms with Crippen LogP contribution in [0.2, 0.25) is 0 Å². The summed E-state index contributed by atoms with van der Waals surface area (Å²) in [5.41, 5.74) is 4.46. The van der Waals surface area contributed by atoms with Crippen LogP contribution in [0.4, 0.5) is 5.82 Å². The Morgan fingerprint density at radius 2 is 2.21 bits per heavy atom. The fraction of sp³-hybridized carbons (Fsp3) is 0.500. The van der Waals surface area contributed by atoms with Crippen LogP contribution in [0.1, 0.15) is 24.4 Å². The fourth-order valence-electron chi connectivity index (χ4n) is 2.19. The summed E-state index contributed by atoms with van der Waals surface area (Å²) < 4.78 is 5.85. The van der Waals surface area contributed by atoms with E-state index in [1.165, 1.54) is 4.88 Å². The third-order valence-corrected chi connectivity index (χ3v) is 5.16. The van der Waals surface area contributed by atoms with Crippen molar-refractivity contribution in [2.24, 2.45) is 5.84 Å². The van der Waals surface area contributed by atoms with Crippen molar-refractivity contribution in [1.82, 2.24) is 9.97 Å². The van der Waals surface area contributed by atoms with Gasteiger partial charge in [0.1, 0.15) is 10.7 Å². The van der Waals surface area contributed by atoms with Gasteiger partial charge < -0.3 is 10.2 Å². The maximum Gasteiger partial charge on any atom is 0.168 e. The van der Waals surface area contributed by atoms with Crippen LogP contribution in [0, 0.1) is 0 Å². The monoisotopic (exact) mass is 296 g/mol. The van der Waals surface area contributed by atoms with E-state index in [2.05, 4.69) is 24.3 Å². The second-order valence-electron chi connectivity index (χ2n) is 5.10. The van der Waals surface area contributed by atoms with Gasteiger partial charge in [-0.3, -0.25) is 0 Å². The lowest BCUT2D eigenvalue weighted by atomic mass is 9.99. The Labute approximate surface area is 120 Å². The third kappa shape index (κ3) is 2.20. The molecule has 19 heavy (non-hydrogen) atoms. The van der Waals surface area contributed by atoms with Gasteiger partial charge in [0, 0.05) is 6.42 Å². The average Bonchev–Trinajstić information content (AvgIpc) is 2.72. The lowest BCUT2D eigenvalue weighted by molar-refractivity contribution is -0.0395. The number of hydrogen-bond acceptors (Lipinski definition) is 7. The molecule has 0 bridgehead atoms. The number of nitrogens with one attached hydrogen (secondary N) is 1. The van der Waals surface area contributed by atoms with Gasteiger partial charge in [-0.2, -0.15) is 0 Å². The summed E-state index contributed by atoms with van der Waals surface area (Å²) in [5, 5.41) is 0.966. The zero-order chi connectivity index (χ0) is 13.6. The Balaban J connectivity index is 2.17. The first-order valence-corrected chi connectivity index (χ1v) is 8.05. The number of nitrogens with two attached hydrogens (primary N) is 1. The molecule has 0 aliphatic carbocycles. The van der Waals surface area contributed by atoms with Gasteiger partial charge in [-0.15, -0.1) is 23.1 Å². The number of hydrazine groups is 1. The summed E-state index contributed by atoms with van der Waals surface area (Å²) in [5.74, 6) is 6.19. The van der Waals surface area contributed by atoms with Gasteiger partial charge in [-0.25, -0.2) is 15.8 Å². The molecular formula is C12H16N4OS2. The number of nitrogens with zero attached hydrogens (tertiary/aromatic N) is 2. The Morgan fingerprint density at radius 3 is 2.89 bits per heavy atom. The molecule has 7 heteroatoms. The van der Waals surface area contributed by atoms with Crippen LogP contribution in [-0.4, -0.2) is 21.8 Å². The van der Waals surface area contributed by atoms with Crippen molar-refractivity contribution in [3.8, 4) is 10.6 Å². The van der Waals surface area contributed by atoms with Gasteiger partial charge in [0.15, 0.2) is 5.82 Å². The lowest BCUT2D eigenvalue weighted by Crippen LogP contribution is -2.32. The Morgan fingerprint density at radius 1 is 1.42 bits per heavy atom. The van der Waals surface area contributed by atoms with Crippen molar-refractivity contribution >= 4 is 28.9 Å². The number of hydrogen-bond donors (Lipinski definition) is 2. The number of fused-ring (bicyclic) bond motifs is 2. The maximum absolute atomic E-state index is 5.85. The maximum atomic E-state index is 5.85. The number of ether oxygens (including phenoxy) is 1.